The predicted octanol–water partition coefficient (Wildman–Crippen LogP) is 7.49. The lowest BCUT2D eigenvalue weighted by Crippen LogP contribution is -2.24. The van der Waals surface area contributed by atoms with Crippen molar-refractivity contribution in [1.29, 1.82) is 0 Å². The van der Waals surface area contributed by atoms with Gasteiger partial charge in [0, 0.05) is 11.1 Å². The van der Waals surface area contributed by atoms with Crippen molar-refractivity contribution in [3.8, 4) is 0 Å². The number of carbonyl (C=O) groups is 2. The number of rotatable bonds is 13. The molecule has 0 amide bonds. The van der Waals surface area contributed by atoms with Gasteiger partial charge in [-0.1, -0.05) is 46.6 Å². The Morgan fingerprint density at radius 1 is 0.667 bits per heavy atom. The minimum atomic E-state index is -0.283. The molecule has 4 heteroatoms. The smallest absolute Gasteiger partial charge is 0.228 e. The molecule has 1 rings (SSSR count). The summed E-state index contributed by atoms with van der Waals surface area (Å²) < 4.78 is 10.2. The van der Waals surface area contributed by atoms with Gasteiger partial charge in [-0.15, -0.1) is 0 Å². The molecule has 0 atom stereocenters. The van der Waals surface area contributed by atoms with Gasteiger partial charge in [-0.3, -0.25) is 9.59 Å². The first kappa shape index (κ1) is 28.4. The van der Waals surface area contributed by atoms with Crippen molar-refractivity contribution >= 4 is 11.6 Å². The fraction of sp³-hybridized carbons (Fsp3) is 0.517. The molecular weight excluding hydrogens is 412 g/mol. The van der Waals surface area contributed by atoms with Crippen LogP contribution < -0.4 is 0 Å². The Labute approximate surface area is 200 Å². The molecule has 1 aliphatic carbocycles. The largest absolute Gasteiger partial charge is 0.489 e. The van der Waals surface area contributed by atoms with E-state index < -0.39 is 0 Å². The van der Waals surface area contributed by atoms with Gasteiger partial charge in [-0.2, -0.15) is 0 Å². The molecule has 0 aliphatic heterocycles. The third-order valence-corrected chi connectivity index (χ3v) is 5.90. The topological polar surface area (TPSA) is 52.6 Å². The Kier molecular flexibility index (Phi) is 12.5. The molecule has 0 saturated carbocycles. The van der Waals surface area contributed by atoms with Crippen molar-refractivity contribution in [3.05, 3.63) is 69.3 Å². The minimum absolute atomic E-state index is 0.00561. The molecule has 0 aromatic carbocycles. The molecule has 1 aliphatic rings. The van der Waals surface area contributed by atoms with E-state index in [1.807, 2.05) is 6.08 Å². The molecule has 0 fully saturated rings. The second-order valence-corrected chi connectivity index (χ2v) is 9.08. The molecule has 0 unspecified atom stereocenters. The van der Waals surface area contributed by atoms with E-state index in [9.17, 15) is 9.59 Å². The molecule has 0 aromatic rings. The Morgan fingerprint density at radius 3 is 1.55 bits per heavy atom. The van der Waals surface area contributed by atoms with E-state index in [4.69, 9.17) is 9.47 Å². The van der Waals surface area contributed by atoms with Crippen molar-refractivity contribution in [2.45, 2.75) is 86.5 Å². The van der Waals surface area contributed by atoms with Crippen molar-refractivity contribution < 1.29 is 19.1 Å². The molecule has 4 nitrogen and oxygen atoms in total. The van der Waals surface area contributed by atoms with Crippen LogP contribution in [-0.2, 0) is 19.1 Å². The van der Waals surface area contributed by atoms with Gasteiger partial charge in [0.2, 0.25) is 23.1 Å². The first-order chi connectivity index (χ1) is 15.6. The molecule has 0 aromatic heterocycles. The highest BCUT2D eigenvalue weighted by Crippen LogP contribution is 2.28. The Balaban J connectivity index is 2.56. The van der Waals surface area contributed by atoms with Gasteiger partial charge >= 0.3 is 0 Å². The van der Waals surface area contributed by atoms with Crippen LogP contribution in [0.15, 0.2) is 69.3 Å². The van der Waals surface area contributed by atoms with Crippen molar-refractivity contribution in [3.63, 3.8) is 0 Å². The second kappa shape index (κ2) is 14.5. The highest BCUT2D eigenvalue weighted by Gasteiger charge is 2.33. The van der Waals surface area contributed by atoms with Crippen LogP contribution in [-0.4, -0.2) is 25.8 Å². The van der Waals surface area contributed by atoms with E-state index in [-0.39, 0.29) is 23.1 Å². The monoisotopic (exact) mass is 454 g/mol. The maximum atomic E-state index is 12.7. The zero-order valence-electron chi connectivity index (χ0n) is 21.9. The number of hydrogen-bond donors (Lipinski definition) is 0. The standard InChI is InChI=1S/C29H42O4/c1-20(2)12-9-13-21(3)14-10-15-22(4)16-11-17-23(5)18-19-25-24(6)26(30)28(32-7)29(33-8)27(25)31/h12,14,16,18H,9-11,13,15,17,19H2,1-8H3/b21-14-,22-16-,23-18+. The lowest BCUT2D eigenvalue weighted by atomic mass is 9.90. The Morgan fingerprint density at radius 2 is 1.09 bits per heavy atom. The highest BCUT2D eigenvalue weighted by molar-refractivity contribution is 6.23. The van der Waals surface area contributed by atoms with Crippen molar-refractivity contribution in [2.24, 2.45) is 0 Å². The van der Waals surface area contributed by atoms with Gasteiger partial charge in [0.05, 0.1) is 14.2 Å². The van der Waals surface area contributed by atoms with Crippen LogP contribution in [0.1, 0.15) is 86.5 Å². The van der Waals surface area contributed by atoms with Crippen molar-refractivity contribution in [2.75, 3.05) is 14.2 Å². The maximum absolute atomic E-state index is 12.7. The van der Waals surface area contributed by atoms with Crippen LogP contribution in [0, 0.1) is 0 Å². The van der Waals surface area contributed by atoms with Crippen molar-refractivity contribution in [1.82, 2.24) is 0 Å². The SMILES string of the molecule is COC1=C(OC)C(=O)C(C/C=C(\C)CC/C=C(/C)CC/C=C(/C)CCC=C(C)C)=C(C)C1=O. The lowest BCUT2D eigenvalue weighted by Gasteiger charge is -2.19. The fourth-order valence-corrected chi connectivity index (χ4v) is 3.70. The summed E-state index contributed by atoms with van der Waals surface area (Å²) in [4.78, 5) is 25.2. The fourth-order valence-electron chi connectivity index (χ4n) is 3.70. The van der Waals surface area contributed by atoms with Crippen LogP contribution in [0.4, 0.5) is 0 Å². The van der Waals surface area contributed by atoms with E-state index in [0.717, 1.165) is 38.5 Å². The minimum Gasteiger partial charge on any atom is -0.489 e. The number of Topliss-reactive ketones (excluding diaryl/α,β-unsaturated/α-hetero) is 2. The summed E-state index contributed by atoms with van der Waals surface area (Å²) in [5.41, 5.74) is 6.37. The summed E-state index contributed by atoms with van der Waals surface area (Å²) in [6.45, 7) is 12.4. The first-order valence-electron chi connectivity index (χ1n) is 11.8. The average molecular weight is 455 g/mol. The molecule has 0 heterocycles. The summed E-state index contributed by atoms with van der Waals surface area (Å²) in [6.07, 6.45) is 15.7. The molecule has 0 saturated heterocycles. The van der Waals surface area contributed by atoms with Gasteiger partial charge in [0.1, 0.15) is 0 Å². The normalized spacial score (nSPS) is 15.9. The lowest BCUT2D eigenvalue weighted by molar-refractivity contribution is -0.121. The molecule has 0 spiro atoms. The first-order valence-corrected chi connectivity index (χ1v) is 11.8. The van der Waals surface area contributed by atoms with Crippen LogP contribution in [0.25, 0.3) is 0 Å². The number of ether oxygens (including phenoxy) is 2. The molecule has 182 valence electrons. The third-order valence-electron chi connectivity index (χ3n) is 5.90. The van der Waals surface area contributed by atoms with Crippen LogP contribution in [0.3, 0.4) is 0 Å². The van der Waals surface area contributed by atoms with Gasteiger partial charge in [0.15, 0.2) is 0 Å². The van der Waals surface area contributed by atoms with Gasteiger partial charge in [-0.05, 0) is 86.5 Å². The predicted molar refractivity (Wildman–Crippen MR) is 137 cm³/mol. The zero-order chi connectivity index (χ0) is 25.0. The molecule has 0 bridgehead atoms. The summed E-state index contributed by atoms with van der Waals surface area (Å²) in [5, 5.41) is 0. The summed E-state index contributed by atoms with van der Waals surface area (Å²) in [7, 11) is 2.76. The number of ketones is 2. The van der Waals surface area contributed by atoms with E-state index in [0.29, 0.717) is 17.6 Å². The highest BCUT2D eigenvalue weighted by atomic mass is 16.5. The average Bonchev–Trinajstić information content (AvgIpc) is 2.75. The summed E-state index contributed by atoms with van der Waals surface area (Å²) in [5.74, 6) is -0.567. The maximum Gasteiger partial charge on any atom is 0.228 e. The Hall–Kier alpha value is -2.62. The quantitative estimate of drug-likeness (QED) is 0.214. The van der Waals surface area contributed by atoms with Crippen LogP contribution in [0.5, 0.6) is 0 Å². The van der Waals surface area contributed by atoms with E-state index in [1.54, 1.807) is 6.92 Å². The number of hydrogen-bond acceptors (Lipinski definition) is 4. The van der Waals surface area contributed by atoms with Gasteiger partial charge < -0.3 is 9.47 Å². The zero-order valence-corrected chi connectivity index (χ0v) is 21.9. The Bertz CT molecular complexity index is 900. The molecule has 0 radical (unpaired) electrons. The van der Waals surface area contributed by atoms with E-state index >= 15 is 0 Å². The summed E-state index contributed by atoms with van der Waals surface area (Å²) >= 11 is 0. The number of methoxy groups -OCH3 is 2. The number of carbonyl (C=O) groups excluding carboxylic acids is 2. The molecule has 33 heavy (non-hydrogen) atoms. The van der Waals surface area contributed by atoms with Gasteiger partial charge in [-0.25, -0.2) is 0 Å². The third kappa shape index (κ3) is 9.41. The summed E-state index contributed by atoms with van der Waals surface area (Å²) in [6, 6.07) is 0. The van der Waals surface area contributed by atoms with E-state index in [1.165, 1.54) is 36.5 Å². The van der Waals surface area contributed by atoms with E-state index in [2.05, 4.69) is 52.8 Å². The second-order valence-electron chi connectivity index (χ2n) is 9.08. The van der Waals surface area contributed by atoms with Crippen LogP contribution in [0.2, 0.25) is 0 Å². The van der Waals surface area contributed by atoms with Crippen LogP contribution >= 0.6 is 0 Å². The number of allylic oxidation sites excluding steroid dienone is 10. The van der Waals surface area contributed by atoms with Gasteiger partial charge in [0.25, 0.3) is 0 Å². The molecule has 0 N–H and O–H groups in total. The molecular formula is C29H42O4.